The molecule has 1 aromatic carbocycles. The van der Waals surface area contributed by atoms with E-state index in [2.05, 4.69) is 28.9 Å². The second kappa shape index (κ2) is 9.61. The number of carboxylic acid groups (broad SMARTS) is 1. The number of aromatic nitrogens is 1. The van der Waals surface area contributed by atoms with Gasteiger partial charge < -0.3 is 19.6 Å². The average molecular weight is 429 g/mol. The van der Waals surface area contributed by atoms with Gasteiger partial charge in [0.2, 0.25) is 0 Å². The van der Waals surface area contributed by atoms with Crippen LogP contribution in [-0.4, -0.2) is 54.4 Å². The van der Waals surface area contributed by atoms with E-state index in [9.17, 15) is 9.90 Å². The zero-order valence-electron chi connectivity index (χ0n) is 19.0. The zero-order chi connectivity index (χ0) is 22.0. The number of ether oxygens (including phenoxy) is 2. The standard InChI is InChI=1S/C25H36N2O4/c1-16-12-23(31-3)21(20-8-10-26-24(16)20)14-27-11-9-17(15-30-2)13-22(27)18-4-6-19(7-5-18)25(28)29/h8,10,12,17-19,22,26H,4-7,9,11,13-15H2,1-3H3,(H,28,29). The molecule has 2 unspecified atom stereocenters. The van der Waals surface area contributed by atoms with E-state index in [1.807, 2.05) is 6.20 Å². The Morgan fingerprint density at radius 1 is 1.23 bits per heavy atom. The van der Waals surface area contributed by atoms with Gasteiger partial charge in [0.25, 0.3) is 0 Å². The number of hydrogen-bond acceptors (Lipinski definition) is 4. The van der Waals surface area contributed by atoms with Crippen LogP contribution < -0.4 is 4.74 Å². The van der Waals surface area contributed by atoms with Crippen molar-refractivity contribution in [3.05, 3.63) is 29.5 Å². The van der Waals surface area contributed by atoms with Crippen molar-refractivity contribution in [1.29, 1.82) is 0 Å². The lowest BCUT2D eigenvalue weighted by atomic mass is 9.74. The minimum absolute atomic E-state index is 0.167. The fourth-order valence-electron chi connectivity index (χ4n) is 5.93. The van der Waals surface area contributed by atoms with Crippen molar-refractivity contribution in [3.63, 3.8) is 0 Å². The van der Waals surface area contributed by atoms with Crippen LogP contribution in [0.5, 0.6) is 5.75 Å². The summed E-state index contributed by atoms with van der Waals surface area (Å²) in [6.45, 7) is 4.83. The molecule has 2 N–H and O–H groups in total. The molecule has 6 nitrogen and oxygen atoms in total. The number of hydrogen-bond donors (Lipinski definition) is 2. The van der Waals surface area contributed by atoms with Gasteiger partial charge in [0.1, 0.15) is 5.75 Å². The molecule has 2 aromatic rings. The molecule has 0 radical (unpaired) electrons. The maximum absolute atomic E-state index is 11.4. The Labute approximate surface area is 184 Å². The monoisotopic (exact) mass is 428 g/mol. The van der Waals surface area contributed by atoms with Crippen LogP contribution in [0, 0.1) is 24.7 Å². The summed E-state index contributed by atoms with van der Waals surface area (Å²) in [5, 5.41) is 10.7. The number of aliphatic carboxylic acids is 1. The summed E-state index contributed by atoms with van der Waals surface area (Å²) >= 11 is 0. The number of rotatable bonds is 7. The molecule has 0 bridgehead atoms. The Bertz CT molecular complexity index is 900. The summed E-state index contributed by atoms with van der Waals surface area (Å²) in [5.41, 5.74) is 3.63. The van der Waals surface area contributed by atoms with Crippen molar-refractivity contribution in [1.82, 2.24) is 9.88 Å². The summed E-state index contributed by atoms with van der Waals surface area (Å²) in [6, 6.07) is 4.76. The third-order valence-corrected chi connectivity index (χ3v) is 7.63. The topological polar surface area (TPSA) is 74.8 Å². The van der Waals surface area contributed by atoms with E-state index in [0.29, 0.717) is 17.9 Å². The highest BCUT2D eigenvalue weighted by molar-refractivity contribution is 5.88. The average Bonchev–Trinajstić information content (AvgIpc) is 3.27. The second-order valence-electron chi connectivity index (χ2n) is 9.47. The number of carboxylic acids is 1. The minimum Gasteiger partial charge on any atom is -0.496 e. The largest absolute Gasteiger partial charge is 0.496 e. The van der Waals surface area contributed by atoms with E-state index >= 15 is 0 Å². The molecule has 1 saturated carbocycles. The molecule has 0 spiro atoms. The number of nitrogens with zero attached hydrogens (tertiary/aromatic N) is 1. The summed E-state index contributed by atoms with van der Waals surface area (Å²) in [6.07, 6.45) is 7.88. The van der Waals surface area contributed by atoms with Crippen LogP contribution in [0.4, 0.5) is 0 Å². The maximum atomic E-state index is 11.4. The first-order chi connectivity index (χ1) is 15.0. The van der Waals surface area contributed by atoms with Crippen LogP contribution in [0.2, 0.25) is 0 Å². The third-order valence-electron chi connectivity index (χ3n) is 7.63. The summed E-state index contributed by atoms with van der Waals surface area (Å²) in [4.78, 5) is 17.5. The summed E-state index contributed by atoms with van der Waals surface area (Å²) in [7, 11) is 3.55. The molecule has 2 fully saturated rings. The van der Waals surface area contributed by atoms with Crippen molar-refractivity contribution in [2.75, 3.05) is 27.4 Å². The van der Waals surface area contributed by atoms with Gasteiger partial charge in [-0.2, -0.15) is 0 Å². The summed E-state index contributed by atoms with van der Waals surface area (Å²) < 4.78 is 11.3. The van der Waals surface area contributed by atoms with E-state index in [1.165, 1.54) is 22.0 Å². The first-order valence-corrected chi connectivity index (χ1v) is 11.6. The number of piperidine rings is 1. The zero-order valence-corrected chi connectivity index (χ0v) is 19.0. The van der Waals surface area contributed by atoms with Gasteiger partial charge in [0, 0.05) is 49.0 Å². The Morgan fingerprint density at radius 2 is 2.00 bits per heavy atom. The smallest absolute Gasteiger partial charge is 0.306 e. The normalized spacial score (nSPS) is 27.5. The minimum atomic E-state index is -0.629. The van der Waals surface area contributed by atoms with Gasteiger partial charge in [-0.3, -0.25) is 9.69 Å². The molecule has 4 rings (SSSR count). The number of nitrogens with one attached hydrogen (secondary N) is 1. The molecule has 1 aromatic heterocycles. The number of fused-ring (bicyclic) bond motifs is 1. The first kappa shape index (κ1) is 22.2. The number of carbonyl (C=O) groups is 1. The fourth-order valence-corrected chi connectivity index (χ4v) is 5.93. The first-order valence-electron chi connectivity index (χ1n) is 11.6. The molecule has 2 aliphatic rings. The highest BCUT2D eigenvalue weighted by Gasteiger charge is 2.37. The lowest BCUT2D eigenvalue weighted by molar-refractivity contribution is -0.143. The maximum Gasteiger partial charge on any atom is 0.306 e. The fraction of sp³-hybridized carbons (Fsp3) is 0.640. The quantitative estimate of drug-likeness (QED) is 0.674. The molecule has 6 heteroatoms. The predicted octanol–water partition coefficient (Wildman–Crippen LogP) is 4.60. The summed E-state index contributed by atoms with van der Waals surface area (Å²) in [5.74, 6) is 1.29. The number of benzene rings is 1. The molecule has 2 atom stereocenters. The molecular formula is C25H36N2O4. The Hall–Kier alpha value is -2.05. The van der Waals surface area contributed by atoms with Gasteiger partial charge in [0.15, 0.2) is 0 Å². The van der Waals surface area contributed by atoms with Crippen LogP contribution in [-0.2, 0) is 16.1 Å². The highest BCUT2D eigenvalue weighted by Crippen LogP contribution is 2.40. The molecule has 31 heavy (non-hydrogen) atoms. The highest BCUT2D eigenvalue weighted by atomic mass is 16.5. The van der Waals surface area contributed by atoms with Crippen molar-refractivity contribution in [2.24, 2.45) is 17.8 Å². The Balaban J connectivity index is 1.59. The SMILES string of the molecule is COCC1CCN(Cc2c(OC)cc(C)c3[nH]ccc23)C(C2CCC(C(=O)O)CC2)C1. The van der Waals surface area contributed by atoms with Crippen LogP contribution in [0.3, 0.4) is 0 Å². The van der Waals surface area contributed by atoms with Crippen LogP contribution in [0.25, 0.3) is 10.9 Å². The molecule has 1 aliphatic carbocycles. The third kappa shape index (κ3) is 4.60. The van der Waals surface area contributed by atoms with Gasteiger partial charge in [-0.1, -0.05) is 0 Å². The van der Waals surface area contributed by atoms with Crippen molar-refractivity contribution in [3.8, 4) is 5.75 Å². The number of likely N-dealkylation sites (tertiary alicyclic amines) is 1. The van der Waals surface area contributed by atoms with Crippen molar-refractivity contribution in [2.45, 2.75) is 58.0 Å². The number of aromatic amines is 1. The molecule has 1 aliphatic heterocycles. The molecule has 170 valence electrons. The Kier molecular flexibility index (Phi) is 6.87. The van der Waals surface area contributed by atoms with Gasteiger partial charge in [-0.25, -0.2) is 0 Å². The van der Waals surface area contributed by atoms with Crippen molar-refractivity contribution >= 4 is 16.9 Å². The van der Waals surface area contributed by atoms with Gasteiger partial charge in [0.05, 0.1) is 13.0 Å². The second-order valence-corrected chi connectivity index (χ2v) is 9.47. The molecule has 1 saturated heterocycles. The lowest BCUT2D eigenvalue weighted by Crippen LogP contribution is -2.48. The molecule has 0 amide bonds. The lowest BCUT2D eigenvalue weighted by Gasteiger charge is -2.45. The van der Waals surface area contributed by atoms with Crippen molar-refractivity contribution < 1.29 is 19.4 Å². The Morgan fingerprint density at radius 3 is 2.68 bits per heavy atom. The van der Waals surface area contributed by atoms with E-state index in [0.717, 1.165) is 64.0 Å². The van der Waals surface area contributed by atoms with Gasteiger partial charge >= 0.3 is 5.97 Å². The molecule has 2 heterocycles. The number of aryl methyl sites for hydroxylation is 1. The van der Waals surface area contributed by atoms with E-state index < -0.39 is 5.97 Å². The van der Waals surface area contributed by atoms with Gasteiger partial charge in [-0.15, -0.1) is 0 Å². The van der Waals surface area contributed by atoms with Crippen LogP contribution in [0.15, 0.2) is 18.3 Å². The van der Waals surface area contributed by atoms with Gasteiger partial charge in [-0.05, 0) is 81.5 Å². The van der Waals surface area contributed by atoms with E-state index in [4.69, 9.17) is 9.47 Å². The number of H-pyrrole nitrogens is 1. The predicted molar refractivity (Wildman–Crippen MR) is 121 cm³/mol. The van der Waals surface area contributed by atoms with E-state index in [1.54, 1.807) is 14.2 Å². The molecular weight excluding hydrogens is 392 g/mol. The van der Waals surface area contributed by atoms with Crippen LogP contribution >= 0.6 is 0 Å². The van der Waals surface area contributed by atoms with Crippen LogP contribution in [0.1, 0.15) is 49.7 Å². The number of methoxy groups -OCH3 is 2. The van der Waals surface area contributed by atoms with E-state index in [-0.39, 0.29) is 5.92 Å².